The minimum atomic E-state index is -0.881. The van der Waals surface area contributed by atoms with Crippen LogP contribution in [0.5, 0.6) is 23.0 Å². The third-order valence-electron chi connectivity index (χ3n) is 7.12. The molecule has 0 atom stereocenters. The summed E-state index contributed by atoms with van der Waals surface area (Å²) >= 11 is 0. The van der Waals surface area contributed by atoms with Crippen molar-refractivity contribution in [2.75, 3.05) is 28.4 Å². The van der Waals surface area contributed by atoms with Gasteiger partial charge in [0.05, 0.1) is 39.6 Å². The molecule has 0 aliphatic carbocycles. The lowest BCUT2D eigenvalue weighted by atomic mass is 9.95. The smallest absolute Gasteiger partial charge is 0.134 e. The zero-order valence-electron chi connectivity index (χ0n) is 23.1. The number of carbonyl (C=O) groups excluding carboxylic acids is 1. The normalized spacial score (nSPS) is 16.8. The van der Waals surface area contributed by atoms with Gasteiger partial charge in [-0.05, 0) is 51.0 Å². The van der Waals surface area contributed by atoms with Crippen molar-refractivity contribution in [1.29, 1.82) is 0 Å². The van der Waals surface area contributed by atoms with Crippen LogP contribution < -0.4 is 24.3 Å². The monoisotopic (exact) mass is 520 g/mol. The Bertz CT molecular complexity index is 1170. The number of carbonyl (C=O) groups is 1. The van der Waals surface area contributed by atoms with E-state index in [4.69, 9.17) is 18.9 Å². The average Bonchev–Trinajstić information content (AvgIpc) is 2.86. The fourth-order valence-electron chi connectivity index (χ4n) is 6.03. The van der Waals surface area contributed by atoms with Gasteiger partial charge in [-0.3, -0.25) is 4.79 Å². The van der Waals surface area contributed by atoms with Crippen LogP contribution in [0.15, 0.2) is 54.6 Å². The number of methoxy groups -OCH3 is 4. The van der Waals surface area contributed by atoms with Gasteiger partial charge in [-0.2, -0.15) is 0 Å². The summed E-state index contributed by atoms with van der Waals surface area (Å²) in [7, 11) is 5.85. The van der Waals surface area contributed by atoms with Gasteiger partial charge in [0.1, 0.15) is 28.8 Å². The molecular formula is C31H37O5P. The van der Waals surface area contributed by atoms with Gasteiger partial charge in [0, 0.05) is 12.8 Å². The molecule has 37 heavy (non-hydrogen) atoms. The first-order chi connectivity index (χ1) is 17.6. The highest BCUT2D eigenvalue weighted by molar-refractivity contribution is 7.69. The highest BCUT2D eigenvalue weighted by Gasteiger charge is 2.49. The topological polar surface area (TPSA) is 54.0 Å². The Morgan fingerprint density at radius 3 is 1.24 bits per heavy atom. The number of rotatable bonds is 7. The molecule has 3 aromatic carbocycles. The highest BCUT2D eigenvalue weighted by Crippen LogP contribution is 2.67. The first kappa shape index (κ1) is 27.0. The second-order valence-electron chi connectivity index (χ2n) is 10.6. The van der Waals surface area contributed by atoms with Gasteiger partial charge in [-0.15, -0.1) is 0 Å². The van der Waals surface area contributed by atoms with Gasteiger partial charge in [0.25, 0.3) is 0 Å². The largest absolute Gasteiger partial charge is 0.496 e. The summed E-state index contributed by atoms with van der Waals surface area (Å²) in [5.74, 6) is 3.27. The van der Waals surface area contributed by atoms with Crippen LogP contribution in [0, 0.1) is 0 Å². The fraction of sp³-hybridized carbons (Fsp3) is 0.387. The first-order valence-corrected chi connectivity index (χ1v) is 13.8. The van der Waals surface area contributed by atoms with E-state index in [0.29, 0.717) is 18.6 Å². The molecule has 0 unspecified atom stereocenters. The molecule has 5 nitrogen and oxygen atoms in total. The Kier molecular flexibility index (Phi) is 7.57. The Morgan fingerprint density at radius 1 is 0.595 bits per heavy atom. The van der Waals surface area contributed by atoms with E-state index in [9.17, 15) is 4.79 Å². The van der Waals surface area contributed by atoms with Crippen molar-refractivity contribution >= 4 is 19.0 Å². The molecule has 3 aromatic rings. The van der Waals surface area contributed by atoms with Crippen LogP contribution in [0.2, 0.25) is 0 Å². The Balaban J connectivity index is 2.19. The van der Waals surface area contributed by atoms with E-state index in [1.165, 1.54) is 5.30 Å². The standard InChI is InChI=1S/C31H37O5P/c1-30(2)18-20(32)19-31(3,4)37(30)29-21(27-23(33-5)14-10-15-24(27)34-6)12-9-13-22(29)28-25(35-7)16-11-17-26(28)36-8/h9-17H,18-19H2,1-8H3. The number of ketones is 1. The molecule has 4 rings (SSSR count). The van der Waals surface area contributed by atoms with Gasteiger partial charge >= 0.3 is 0 Å². The predicted molar refractivity (Wildman–Crippen MR) is 152 cm³/mol. The molecule has 196 valence electrons. The number of hydrogen-bond acceptors (Lipinski definition) is 5. The minimum Gasteiger partial charge on any atom is -0.496 e. The lowest BCUT2D eigenvalue weighted by Gasteiger charge is -2.50. The van der Waals surface area contributed by atoms with Crippen LogP contribution >= 0.6 is 7.92 Å². The maximum Gasteiger partial charge on any atom is 0.134 e. The molecule has 1 aliphatic rings. The Labute approximate surface area is 221 Å². The molecule has 0 N–H and O–H groups in total. The minimum absolute atomic E-state index is 0.233. The lowest BCUT2D eigenvalue weighted by molar-refractivity contribution is -0.120. The third kappa shape index (κ3) is 4.82. The summed E-state index contributed by atoms with van der Waals surface area (Å²) in [6.45, 7) is 8.93. The van der Waals surface area contributed by atoms with Crippen molar-refractivity contribution in [2.45, 2.75) is 50.8 Å². The summed E-state index contributed by atoms with van der Waals surface area (Å²) in [5, 5.41) is 0.734. The van der Waals surface area contributed by atoms with Crippen LogP contribution in [-0.2, 0) is 4.79 Å². The van der Waals surface area contributed by atoms with E-state index in [2.05, 4.69) is 45.9 Å². The molecule has 0 saturated carbocycles. The molecule has 0 spiro atoms. The fourth-order valence-corrected chi connectivity index (χ4v) is 10.4. The van der Waals surface area contributed by atoms with Crippen molar-refractivity contribution in [1.82, 2.24) is 0 Å². The van der Waals surface area contributed by atoms with Crippen LogP contribution in [0.3, 0.4) is 0 Å². The number of benzene rings is 3. The second-order valence-corrected chi connectivity index (χ2v) is 14.2. The summed E-state index contributed by atoms with van der Waals surface area (Å²) in [6.07, 6.45) is 1.09. The molecule has 6 heteroatoms. The van der Waals surface area contributed by atoms with E-state index in [-0.39, 0.29) is 10.3 Å². The van der Waals surface area contributed by atoms with Gasteiger partial charge in [0.15, 0.2) is 0 Å². The van der Waals surface area contributed by atoms with Crippen LogP contribution in [0.4, 0.5) is 0 Å². The Hall–Kier alpha value is -3.04. The second kappa shape index (κ2) is 10.4. The van der Waals surface area contributed by atoms with Gasteiger partial charge in [-0.25, -0.2) is 0 Å². The van der Waals surface area contributed by atoms with E-state index in [1.54, 1.807) is 28.4 Å². The first-order valence-electron chi connectivity index (χ1n) is 12.5. The van der Waals surface area contributed by atoms with Gasteiger partial charge in [0.2, 0.25) is 0 Å². The van der Waals surface area contributed by atoms with Gasteiger partial charge < -0.3 is 18.9 Å². The lowest BCUT2D eigenvalue weighted by Crippen LogP contribution is -2.44. The average molecular weight is 521 g/mol. The molecule has 0 amide bonds. The van der Waals surface area contributed by atoms with Crippen LogP contribution in [-0.4, -0.2) is 44.5 Å². The zero-order valence-corrected chi connectivity index (χ0v) is 24.0. The summed E-state index contributed by atoms with van der Waals surface area (Å²) in [6, 6.07) is 18.1. The number of hydrogen-bond donors (Lipinski definition) is 0. The summed E-state index contributed by atoms with van der Waals surface area (Å²) in [4.78, 5) is 12.9. The number of Topliss-reactive ketones (excluding diaryl/α,β-unsaturated/α-hetero) is 1. The molecule has 0 bridgehead atoms. The van der Waals surface area contributed by atoms with Crippen LogP contribution in [0.1, 0.15) is 40.5 Å². The zero-order chi connectivity index (χ0) is 27.0. The van der Waals surface area contributed by atoms with Crippen molar-refractivity contribution in [3.63, 3.8) is 0 Å². The molecule has 1 saturated heterocycles. The maximum atomic E-state index is 12.9. The predicted octanol–water partition coefficient (Wildman–Crippen LogP) is 7.08. The summed E-state index contributed by atoms with van der Waals surface area (Å²) in [5.41, 5.74) is 3.90. The van der Waals surface area contributed by atoms with E-state index >= 15 is 0 Å². The molecular weight excluding hydrogens is 483 g/mol. The molecule has 0 radical (unpaired) electrons. The molecule has 0 aromatic heterocycles. The van der Waals surface area contributed by atoms with E-state index in [1.807, 2.05) is 36.4 Å². The van der Waals surface area contributed by atoms with Crippen LogP contribution in [0.25, 0.3) is 22.3 Å². The SMILES string of the molecule is COc1cccc(OC)c1-c1cccc(-c2c(OC)cccc2OC)c1P1C(C)(C)CC(=O)CC1(C)C. The maximum absolute atomic E-state index is 12.9. The number of ether oxygens (including phenoxy) is 4. The third-order valence-corrected chi connectivity index (χ3v) is 10.8. The molecule has 1 fully saturated rings. The van der Waals surface area contributed by atoms with Crippen molar-refractivity contribution < 1.29 is 23.7 Å². The molecule has 1 aliphatic heterocycles. The van der Waals surface area contributed by atoms with Gasteiger partial charge in [-0.1, -0.05) is 65.9 Å². The quantitative estimate of drug-likeness (QED) is 0.312. The van der Waals surface area contributed by atoms with E-state index in [0.717, 1.165) is 45.3 Å². The van der Waals surface area contributed by atoms with Crippen molar-refractivity contribution in [2.24, 2.45) is 0 Å². The van der Waals surface area contributed by atoms with Crippen molar-refractivity contribution in [3.05, 3.63) is 54.6 Å². The molecule has 1 heterocycles. The Morgan fingerprint density at radius 2 is 0.919 bits per heavy atom. The highest BCUT2D eigenvalue weighted by atomic mass is 31.1. The summed E-state index contributed by atoms with van der Waals surface area (Å²) < 4.78 is 23.5. The van der Waals surface area contributed by atoms with E-state index < -0.39 is 7.92 Å². The van der Waals surface area contributed by atoms with Crippen molar-refractivity contribution in [3.8, 4) is 45.3 Å².